The Labute approximate surface area is 287 Å². The van der Waals surface area contributed by atoms with Crippen molar-refractivity contribution in [1.82, 2.24) is 4.90 Å². The molecule has 3 nitrogen and oxygen atoms in total. The maximum Gasteiger partial charge on any atom is 0.306 e. The summed E-state index contributed by atoms with van der Waals surface area (Å²) >= 11 is 0. The van der Waals surface area contributed by atoms with E-state index in [4.69, 9.17) is 4.74 Å². The Morgan fingerprint density at radius 2 is 0.870 bits per heavy atom. The molecule has 0 unspecified atom stereocenters. The fourth-order valence-electron chi connectivity index (χ4n) is 5.38. The number of hydrogen-bond acceptors (Lipinski definition) is 3. The smallest absolute Gasteiger partial charge is 0.306 e. The molecule has 3 heteroatoms. The average Bonchev–Trinajstić information content (AvgIpc) is 3.04. The normalized spacial score (nSPS) is 12.7. The monoisotopic (exact) mass is 638 g/mol. The molecule has 0 aromatic rings. The summed E-state index contributed by atoms with van der Waals surface area (Å²) in [7, 11) is 4.11. The summed E-state index contributed by atoms with van der Waals surface area (Å²) in [5, 5.41) is 0. The first kappa shape index (κ1) is 43.9. The third-order valence-corrected chi connectivity index (χ3v) is 8.14. The third kappa shape index (κ3) is 36.3. The lowest BCUT2D eigenvalue weighted by Gasteiger charge is -2.18. The van der Waals surface area contributed by atoms with Crippen LogP contribution in [0.25, 0.3) is 0 Å². The van der Waals surface area contributed by atoms with Crippen molar-refractivity contribution in [3.8, 4) is 0 Å². The van der Waals surface area contributed by atoms with Crippen LogP contribution in [0.4, 0.5) is 0 Å². The zero-order valence-corrected chi connectivity index (χ0v) is 30.9. The van der Waals surface area contributed by atoms with Crippen LogP contribution >= 0.6 is 0 Å². The second-order valence-corrected chi connectivity index (χ2v) is 13.0. The summed E-state index contributed by atoms with van der Waals surface area (Å²) in [4.78, 5) is 14.6. The quantitative estimate of drug-likeness (QED) is 0.0407. The largest absolute Gasteiger partial charge is 0.462 e. The van der Waals surface area contributed by atoms with Gasteiger partial charge in [0.15, 0.2) is 0 Å². The molecule has 0 aliphatic carbocycles. The molecular formula is C43H75NO2. The first-order chi connectivity index (χ1) is 22.6. The molecule has 0 atom stereocenters. The van der Waals surface area contributed by atoms with Crippen molar-refractivity contribution in [3.63, 3.8) is 0 Å². The van der Waals surface area contributed by atoms with Crippen LogP contribution in [0.15, 0.2) is 72.9 Å². The lowest BCUT2D eigenvalue weighted by molar-refractivity contribution is -0.150. The van der Waals surface area contributed by atoms with Crippen LogP contribution in [0.3, 0.4) is 0 Å². The minimum Gasteiger partial charge on any atom is -0.462 e. The third-order valence-electron chi connectivity index (χ3n) is 8.14. The van der Waals surface area contributed by atoms with E-state index in [-0.39, 0.29) is 12.1 Å². The van der Waals surface area contributed by atoms with E-state index in [0.717, 1.165) is 64.3 Å². The minimum atomic E-state index is 0.000557. The molecule has 0 saturated carbocycles. The fourth-order valence-corrected chi connectivity index (χ4v) is 5.38. The van der Waals surface area contributed by atoms with Gasteiger partial charge in [-0.15, -0.1) is 0 Å². The highest BCUT2D eigenvalue weighted by Crippen LogP contribution is 2.18. The van der Waals surface area contributed by atoms with Gasteiger partial charge in [-0.25, -0.2) is 0 Å². The number of carbonyl (C=O) groups is 1. The van der Waals surface area contributed by atoms with E-state index in [1.807, 2.05) is 0 Å². The van der Waals surface area contributed by atoms with Crippen LogP contribution in [0.2, 0.25) is 0 Å². The highest BCUT2D eigenvalue weighted by atomic mass is 16.5. The Hall–Kier alpha value is -2.13. The molecule has 0 aliphatic rings. The van der Waals surface area contributed by atoms with E-state index >= 15 is 0 Å². The molecule has 0 fully saturated rings. The number of ether oxygens (including phenoxy) is 1. The van der Waals surface area contributed by atoms with Gasteiger partial charge in [0, 0.05) is 6.42 Å². The van der Waals surface area contributed by atoms with Gasteiger partial charge < -0.3 is 9.64 Å². The molecule has 46 heavy (non-hydrogen) atoms. The van der Waals surface area contributed by atoms with Gasteiger partial charge in [0.25, 0.3) is 0 Å². The molecule has 0 bridgehead atoms. The molecular weight excluding hydrogens is 562 g/mol. The van der Waals surface area contributed by atoms with Crippen molar-refractivity contribution >= 4 is 5.97 Å². The van der Waals surface area contributed by atoms with Crippen LogP contribution < -0.4 is 0 Å². The zero-order chi connectivity index (χ0) is 33.6. The van der Waals surface area contributed by atoms with Crippen molar-refractivity contribution in [2.45, 2.75) is 174 Å². The predicted octanol–water partition coefficient (Wildman–Crippen LogP) is 13.2. The number of rotatable bonds is 33. The highest BCUT2D eigenvalue weighted by molar-refractivity contribution is 5.69. The molecule has 0 radical (unpaired) electrons. The lowest BCUT2D eigenvalue weighted by atomic mass is 10.0. The van der Waals surface area contributed by atoms with Crippen molar-refractivity contribution in [2.24, 2.45) is 0 Å². The van der Waals surface area contributed by atoms with Crippen LogP contribution in [0.1, 0.15) is 168 Å². The van der Waals surface area contributed by atoms with Crippen molar-refractivity contribution < 1.29 is 9.53 Å². The van der Waals surface area contributed by atoms with Gasteiger partial charge in [-0.2, -0.15) is 0 Å². The zero-order valence-electron chi connectivity index (χ0n) is 30.9. The maximum atomic E-state index is 12.5. The van der Waals surface area contributed by atoms with Crippen LogP contribution in [-0.4, -0.2) is 37.6 Å². The SMILES string of the molecule is CC/C=C\C/C=C\C/C=C\CCCCCCCCC(CCCCCCCC/C=C\C/C=C\C/C=C\CC)OC(=O)CCCN(C)C. The summed E-state index contributed by atoms with van der Waals surface area (Å²) in [6, 6.07) is 0. The second kappa shape index (κ2) is 37.3. The van der Waals surface area contributed by atoms with Crippen molar-refractivity contribution in [1.29, 1.82) is 0 Å². The molecule has 0 aromatic carbocycles. The van der Waals surface area contributed by atoms with E-state index in [1.165, 1.54) is 89.9 Å². The molecule has 0 aromatic heterocycles. The summed E-state index contributed by atoms with van der Waals surface area (Å²) in [6.45, 7) is 5.29. The summed E-state index contributed by atoms with van der Waals surface area (Å²) in [5.74, 6) is 0.000557. The Bertz CT molecular complexity index is 763. The Morgan fingerprint density at radius 3 is 1.28 bits per heavy atom. The van der Waals surface area contributed by atoms with Crippen LogP contribution in [0.5, 0.6) is 0 Å². The fraction of sp³-hybridized carbons (Fsp3) is 0.698. The Balaban J connectivity index is 4.05. The summed E-state index contributed by atoms with van der Waals surface area (Å²) in [5.41, 5.74) is 0. The lowest BCUT2D eigenvalue weighted by Crippen LogP contribution is -2.20. The van der Waals surface area contributed by atoms with E-state index in [9.17, 15) is 4.79 Å². The van der Waals surface area contributed by atoms with E-state index < -0.39 is 0 Å². The number of unbranched alkanes of at least 4 members (excludes halogenated alkanes) is 12. The van der Waals surface area contributed by atoms with Crippen LogP contribution in [0, 0.1) is 0 Å². The first-order valence-corrected chi connectivity index (χ1v) is 19.3. The number of allylic oxidation sites excluding steroid dienone is 12. The molecule has 0 amide bonds. The molecule has 0 spiro atoms. The molecule has 0 heterocycles. The van der Waals surface area contributed by atoms with Gasteiger partial charge in [0.2, 0.25) is 0 Å². The molecule has 264 valence electrons. The summed E-state index contributed by atoms with van der Waals surface area (Å²) in [6.07, 6.45) is 55.0. The number of hydrogen-bond donors (Lipinski definition) is 0. The predicted molar refractivity (Wildman–Crippen MR) is 205 cm³/mol. The van der Waals surface area contributed by atoms with E-state index in [2.05, 4.69) is 106 Å². The standard InChI is InChI=1S/C43H75NO2/c1-5-7-9-11-13-15-17-19-21-23-25-27-29-31-33-35-38-42(46-43(45)40-37-41-44(3)4)39-36-34-32-30-28-26-24-22-20-18-16-14-12-10-8-6-2/h7-10,13-16,19-22,42H,5-6,11-12,17-18,23-41H2,1-4H3/b9-7-,10-8-,15-13-,16-14-,21-19-,22-20-. The second-order valence-electron chi connectivity index (χ2n) is 13.0. The molecule has 0 saturated heterocycles. The first-order valence-electron chi connectivity index (χ1n) is 19.3. The molecule has 0 aliphatic heterocycles. The topological polar surface area (TPSA) is 29.5 Å². The van der Waals surface area contributed by atoms with Gasteiger partial charge in [-0.05, 0) is 117 Å². The Kier molecular flexibility index (Phi) is 35.6. The minimum absolute atomic E-state index is 0.000557. The number of nitrogens with zero attached hydrogens (tertiary/aromatic N) is 1. The van der Waals surface area contributed by atoms with E-state index in [0.29, 0.717) is 6.42 Å². The van der Waals surface area contributed by atoms with Gasteiger partial charge in [-0.3, -0.25) is 4.79 Å². The van der Waals surface area contributed by atoms with Gasteiger partial charge in [0.05, 0.1) is 0 Å². The number of esters is 1. The maximum absolute atomic E-state index is 12.5. The molecule has 0 N–H and O–H groups in total. The average molecular weight is 638 g/mol. The van der Waals surface area contributed by atoms with Crippen molar-refractivity contribution in [2.75, 3.05) is 20.6 Å². The van der Waals surface area contributed by atoms with Crippen LogP contribution in [-0.2, 0) is 9.53 Å². The number of carbonyl (C=O) groups excluding carboxylic acids is 1. The highest BCUT2D eigenvalue weighted by Gasteiger charge is 2.14. The van der Waals surface area contributed by atoms with Gasteiger partial charge in [-0.1, -0.05) is 138 Å². The van der Waals surface area contributed by atoms with Gasteiger partial charge in [0.1, 0.15) is 6.10 Å². The van der Waals surface area contributed by atoms with Gasteiger partial charge >= 0.3 is 5.97 Å². The van der Waals surface area contributed by atoms with E-state index in [1.54, 1.807) is 0 Å². The Morgan fingerprint density at radius 1 is 0.500 bits per heavy atom. The van der Waals surface area contributed by atoms with Crippen molar-refractivity contribution in [3.05, 3.63) is 72.9 Å². The molecule has 0 rings (SSSR count). The summed E-state index contributed by atoms with van der Waals surface area (Å²) < 4.78 is 5.99.